The third-order valence-corrected chi connectivity index (χ3v) is 6.59. The zero-order chi connectivity index (χ0) is 21.1. The van der Waals surface area contributed by atoms with Crippen molar-refractivity contribution in [3.63, 3.8) is 0 Å². The summed E-state index contributed by atoms with van der Waals surface area (Å²) in [7, 11) is -3.24. The minimum Gasteiger partial charge on any atom is -0.457 e. The summed E-state index contributed by atoms with van der Waals surface area (Å²) in [4.78, 5) is 4.64. The fourth-order valence-electron chi connectivity index (χ4n) is 3.26. The zero-order valence-electron chi connectivity index (χ0n) is 16.2. The van der Waals surface area contributed by atoms with Gasteiger partial charge in [-0.15, -0.1) is 0 Å². The van der Waals surface area contributed by atoms with Gasteiger partial charge in [0.2, 0.25) is 0 Å². The summed E-state index contributed by atoms with van der Waals surface area (Å²) in [6.07, 6.45) is 1.69. The van der Waals surface area contributed by atoms with Crippen molar-refractivity contribution in [1.82, 2.24) is 4.98 Å². The van der Waals surface area contributed by atoms with E-state index in [2.05, 4.69) is 11.1 Å². The first-order valence-corrected chi connectivity index (χ1v) is 11.1. The maximum Gasteiger partial charge on any atom is 0.178 e. The van der Waals surface area contributed by atoms with Gasteiger partial charge in [-0.1, -0.05) is 31.2 Å². The molecule has 0 spiro atoms. The maximum atomic E-state index is 12.0. The smallest absolute Gasteiger partial charge is 0.178 e. The molecule has 1 heterocycles. The molecular formula is C24H18N2O3S. The monoisotopic (exact) mass is 414 g/mol. The van der Waals surface area contributed by atoms with Crippen LogP contribution in [0, 0.1) is 11.3 Å². The van der Waals surface area contributed by atoms with Gasteiger partial charge in [0.05, 0.1) is 21.7 Å². The van der Waals surface area contributed by atoms with Gasteiger partial charge in [0.1, 0.15) is 17.6 Å². The molecule has 5 nitrogen and oxygen atoms in total. The van der Waals surface area contributed by atoms with Crippen molar-refractivity contribution in [2.24, 2.45) is 0 Å². The summed E-state index contributed by atoms with van der Waals surface area (Å²) in [5.41, 5.74) is 3.08. The molecule has 0 unspecified atom stereocenters. The first kappa shape index (κ1) is 19.6. The Kier molecular flexibility index (Phi) is 5.21. The Morgan fingerprint density at radius 2 is 1.73 bits per heavy atom. The second kappa shape index (κ2) is 7.97. The summed E-state index contributed by atoms with van der Waals surface area (Å²) < 4.78 is 29.9. The molecule has 0 saturated carbocycles. The molecule has 6 heteroatoms. The maximum absolute atomic E-state index is 12.0. The summed E-state index contributed by atoms with van der Waals surface area (Å²) in [6, 6.07) is 23.6. The van der Waals surface area contributed by atoms with Crippen LogP contribution >= 0.6 is 0 Å². The number of fused-ring (bicyclic) bond motifs is 1. The van der Waals surface area contributed by atoms with Crippen LogP contribution in [0.2, 0.25) is 0 Å². The fraction of sp³-hybridized carbons (Fsp3) is 0.0833. The molecular weight excluding hydrogens is 396 g/mol. The van der Waals surface area contributed by atoms with E-state index in [0.717, 1.165) is 16.5 Å². The molecule has 0 aliphatic carbocycles. The number of rotatable bonds is 5. The van der Waals surface area contributed by atoms with Gasteiger partial charge in [0.25, 0.3) is 0 Å². The number of hydrogen-bond donors (Lipinski definition) is 0. The summed E-state index contributed by atoms with van der Waals surface area (Å²) in [6.45, 7) is 1.62. The van der Waals surface area contributed by atoms with Crippen LogP contribution in [-0.4, -0.2) is 19.2 Å². The van der Waals surface area contributed by atoms with Gasteiger partial charge < -0.3 is 4.74 Å². The average Bonchev–Trinajstić information content (AvgIpc) is 2.79. The quantitative estimate of drug-likeness (QED) is 0.439. The second-order valence-electron chi connectivity index (χ2n) is 6.68. The highest BCUT2D eigenvalue weighted by molar-refractivity contribution is 7.91. The van der Waals surface area contributed by atoms with Gasteiger partial charge in [-0.3, -0.25) is 4.98 Å². The first-order valence-electron chi connectivity index (χ1n) is 9.41. The molecule has 0 fully saturated rings. The van der Waals surface area contributed by atoms with Gasteiger partial charge in [-0.25, -0.2) is 8.42 Å². The Labute approximate surface area is 175 Å². The predicted octanol–water partition coefficient (Wildman–Crippen LogP) is 5.36. The average molecular weight is 414 g/mol. The largest absolute Gasteiger partial charge is 0.457 e. The number of para-hydroxylation sites is 1. The lowest BCUT2D eigenvalue weighted by atomic mass is 9.99. The number of ether oxygens (including phenoxy) is 1. The van der Waals surface area contributed by atoms with Crippen LogP contribution in [0.4, 0.5) is 0 Å². The first-order chi connectivity index (χ1) is 14.5. The van der Waals surface area contributed by atoms with E-state index in [1.807, 2.05) is 42.5 Å². The Morgan fingerprint density at radius 1 is 0.967 bits per heavy atom. The lowest BCUT2D eigenvalue weighted by Crippen LogP contribution is -2.03. The van der Waals surface area contributed by atoms with Crippen molar-refractivity contribution in [2.75, 3.05) is 5.75 Å². The fourth-order valence-corrected chi connectivity index (χ4v) is 4.15. The lowest BCUT2D eigenvalue weighted by molar-refractivity contribution is 0.482. The highest BCUT2D eigenvalue weighted by Gasteiger charge is 2.12. The molecule has 4 aromatic rings. The van der Waals surface area contributed by atoms with Crippen LogP contribution in [0.1, 0.15) is 12.5 Å². The number of nitriles is 1. The lowest BCUT2D eigenvalue weighted by Gasteiger charge is -2.10. The van der Waals surface area contributed by atoms with Crippen molar-refractivity contribution < 1.29 is 13.2 Å². The number of nitrogens with zero attached hydrogens (tertiary/aromatic N) is 2. The normalized spacial score (nSPS) is 11.2. The SMILES string of the molecule is CCS(=O)(=O)c1ccc(Oc2cccc(-c3ccnc4c(C#N)cccc34)c2)cc1. The third-order valence-electron chi connectivity index (χ3n) is 4.84. The molecule has 1 aromatic heterocycles. The molecule has 4 rings (SSSR count). The molecule has 0 saturated heterocycles. The van der Waals surface area contributed by atoms with Crippen LogP contribution in [0.3, 0.4) is 0 Å². The topological polar surface area (TPSA) is 80.1 Å². The molecule has 0 N–H and O–H groups in total. The van der Waals surface area contributed by atoms with Gasteiger partial charge in [0, 0.05) is 11.6 Å². The van der Waals surface area contributed by atoms with E-state index in [9.17, 15) is 13.7 Å². The standard InChI is InChI=1S/C24H18N2O3S/c1-2-30(27,28)21-11-9-19(10-12-21)29-20-7-3-5-17(15-20)22-13-14-26-24-18(16-25)6-4-8-23(22)24/h3-15H,2H2,1H3. The van der Waals surface area contributed by atoms with Crippen LogP contribution in [0.15, 0.2) is 83.9 Å². The van der Waals surface area contributed by atoms with Gasteiger partial charge in [-0.05, 0) is 59.7 Å². The number of pyridine rings is 1. The van der Waals surface area contributed by atoms with Crippen molar-refractivity contribution in [3.8, 4) is 28.7 Å². The van der Waals surface area contributed by atoms with E-state index in [1.54, 1.807) is 43.5 Å². The van der Waals surface area contributed by atoms with Gasteiger partial charge in [0.15, 0.2) is 9.84 Å². The van der Waals surface area contributed by atoms with Crippen LogP contribution < -0.4 is 4.74 Å². The molecule has 148 valence electrons. The van der Waals surface area contributed by atoms with Crippen LogP contribution in [0.5, 0.6) is 11.5 Å². The Morgan fingerprint density at radius 3 is 2.47 bits per heavy atom. The number of benzene rings is 3. The molecule has 0 atom stereocenters. The highest BCUT2D eigenvalue weighted by Crippen LogP contribution is 2.32. The van der Waals surface area contributed by atoms with Gasteiger partial charge >= 0.3 is 0 Å². The highest BCUT2D eigenvalue weighted by atomic mass is 32.2. The molecule has 0 radical (unpaired) electrons. The van der Waals surface area contributed by atoms with Crippen molar-refractivity contribution in [1.29, 1.82) is 5.26 Å². The van der Waals surface area contributed by atoms with E-state index in [4.69, 9.17) is 4.74 Å². The predicted molar refractivity (Wildman–Crippen MR) is 116 cm³/mol. The molecule has 30 heavy (non-hydrogen) atoms. The van der Waals surface area contributed by atoms with Crippen molar-refractivity contribution in [2.45, 2.75) is 11.8 Å². The number of sulfone groups is 1. The third kappa shape index (κ3) is 3.76. The van der Waals surface area contributed by atoms with E-state index >= 15 is 0 Å². The Bertz CT molecular complexity index is 1370. The Balaban J connectivity index is 1.68. The van der Waals surface area contributed by atoms with E-state index in [-0.39, 0.29) is 10.6 Å². The molecule has 3 aromatic carbocycles. The molecule has 0 amide bonds. The van der Waals surface area contributed by atoms with Crippen LogP contribution in [-0.2, 0) is 9.84 Å². The number of aromatic nitrogens is 1. The summed E-state index contributed by atoms with van der Waals surface area (Å²) >= 11 is 0. The minimum absolute atomic E-state index is 0.0582. The van der Waals surface area contributed by atoms with Crippen molar-refractivity contribution >= 4 is 20.7 Å². The number of hydrogen-bond acceptors (Lipinski definition) is 5. The Hall–Kier alpha value is -3.69. The zero-order valence-corrected chi connectivity index (χ0v) is 17.1. The van der Waals surface area contributed by atoms with Gasteiger partial charge in [-0.2, -0.15) is 5.26 Å². The summed E-state index contributed by atoms with van der Waals surface area (Å²) in [5.74, 6) is 1.23. The van der Waals surface area contributed by atoms with Crippen LogP contribution in [0.25, 0.3) is 22.0 Å². The minimum atomic E-state index is -3.24. The van der Waals surface area contributed by atoms with E-state index < -0.39 is 9.84 Å². The molecule has 0 aliphatic rings. The summed E-state index contributed by atoms with van der Waals surface area (Å²) in [5, 5.41) is 10.2. The van der Waals surface area contributed by atoms with E-state index in [1.165, 1.54) is 0 Å². The second-order valence-corrected chi connectivity index (χ2v) is 8.96. The molecule has 0 aliphatic heterocycles. The van der Waals surface area contributed by atoms with E-state index in [0.29, 0.717) is 22.6 Å². The van der Waals surface area contributed by atoms with Crippen molar-refractivity contribution in [3.05, 3.63) is 84.6 Å². The molecule has 0 bridgehead atoms.